The van der Waals surface area contributed by atoms with Crippen molar-refractivity contribution in [2.75, 3.05) is 6.61 Å². The van der Waals surface area contributed by atoms with E-state index in [0.29, 0.717) is 13.0 Å². The highest BCUT2D eigenvalue weighted by Gasteiger charge is 2.21. The molecule has 0 fully saturated rings. The Labute approximate surface area is 138 Å². The summed E-state index contributed by atoms with van der Waals surface area (Å²) in [6.45, 7) is 0.564. The number of non-ortho nitro benzene ring substituents is 1. The molecule has 0 bridgehead atoms. The van der Waals surface area contributed by atoms with E-state index in [1.165, 1.54) is 18.2 Å². The highest BCUT2D eigenvalue weighted by molar-refractivity contribution is 5.92. The summed E-state index contributed by atoms with van der Waals surface area (Å²) in [6.07, 6.45) is 3.78. The number of hydrogen-bond acceptors (Lipinski definition) is 4. The highest BCUT2D eigenvalue weighted by Crippen LogP contribution is 2.31. The molecule has 24 heavy (non-hydrogen) atoms. The Bertz CT molecular complexity index is 784. The lowest BCUT2D eigenvalue weighted by Crippen LogP contribution is -2.30. The summed E-state index contributed by atoms with van der Waals surface area (Å²) in [5.74, 6) is 0.587. The number of nitrogens with zero attached hydrogens (tertiary/aromatic N) is 1. The Hall–Kier alpha value is -3.15. The Balaban J connectivity index is 1.65. The quantitative estimate of drug-likeness (QED) is 0.532. The van der Waals surface area contributed by atoms with E-state index in [1.807, 2.05) is 24.3 Å². The molecule has 3 rings (SSSR count). The minimum Gasteiger partial charge on any atom is -0.493 e. The van der Waals surface area contributed by atoms with Gasteiger partial charge in [0, 0.05) is 30.2 Å². The van der Waals surface area contributed by atoms with Crippen molar-refractivity contribution >= 4 is 17.7 Å². The van der Waals surface area contributed by atoms with Gasteiger partial charge in [-0.15, -0.1) is 0 Å². The Morgan fingerprint density at radius 2 is 1.96 bits per heavy atom. The molecule has 0 aliphatic carbocycles. The molecule has 122 valence electrons. The number of amides is 1. The normalized spacial score (nSPS) is 16.2. The van der Waals surface area contributed by atoms with E-state index in [2.05, 4.69) is 5.32 Å². The molecule has 1 N–H and O–H groups in total. The third-order valence-corrected chi connectivity index (χ3v) is 3.81. The number of fused-ring (bicyclic) bond motifs is 1. The van der Waals surface area contributed by atoms with Gasteiger partial charge in [-0.05, 0) is 29.8 Å². The molecule has 0 saturated carbocycles. The predicted octanol–water partition coefficient (Wildman–Crippen LogP) is 3.25. The molecule has 0 spiro atoms. The van der Waals surface area contributed by atoms with Crippen LogP contribution in [0.25, 0.3) is 6.08 Å². The lowest BCUT2D eigenvalue weighted by atomic mass is 10.0. The molecule has 2 aromatic rings. The van der Waals surface area contributed by atoms with Gasteiger partial charge < -0.3 is 10.1 Å². The van der Waals surface area contributed by atoms with E-state index in [9.17, 15) is 14.9 Å². The van der Waals surface area contributed by atoms with E-state index >= 15 is 0 Å². The van der Waals surface area contributed by atoms with Crippen molar-refractivity contribution in [2.45, 2.75) is 12.5 Å². The van der Waals surface area contributed by atoms with Gasteiger partial charge in [0.15, 0.2) is 0 Å². The first-order valence-corrected chi connectivity index (χ1v) is 7.58. The first-order valence-electron chi connectivity index (χ1n) is 7.58. The van der Waals surface area contributed by atoms with Crippen molar-refractivity contribution in [3.8, 4) is 5.75 Å². The van der Waals surface area contributed by atoms with E-state index in [1.54, 1.807) is 18.2 Å². The van der Waals surface area contributed by atoms with E-state index in [-0.39, 0.29) is 17.6 Å². The molecule has 0 saturated heterocycles. The summed E-state index contributed by atoms with van der Waals surface area (Å²) in [5, 5.41) is 13.6. The van der Waals surface area contributed by atoms with E-state index < -0.39 is 4.92 Å². The minimum atomic E-state index is -0.456. The van der Waals surface area contributed by atoms with Gasteiger partial charge in [-0.3, -0.25) is 14.9 Å². The molecule has 1 heterocycles. The lowest BCUT2D eigenvalue weighted by molar-refractivity contribution is -0.384. The zero-order chi connectivity index (χ0) is 16.9. The molecule has 0 aromatic heterocycles. The standard InChI is InChI=1S/C18H16N2O4/c21-18(10-7-13-5-8-14(9-6-13)20(22)23)19-16-11-12-24-17-4-2-1-3-15(16)17/h1-10,16H,11-12H2,(H,19,21)/b10-7+. The summed E-state index contributed by atoms with van der Waals surface area (Å²) in [6, 6.07) is 13.6. The first kappa shape index (κ1) is 15.7. The first-order chi connectivity index (χ1) is 11.6. The molecule has 2 aromatic carbocycles. The topological polar surface area (TPSA) is 81.5 Å². The smallest absolute Gasteiger partial charge is 0.269 e. The zero-order valence-corrected chi connectivity index (χ0v) is 12.8. The third-order valence-electron chi connectivity index (χ3n) is 3.81. The number of nitro groups is 1. The van der Waals surface area contributed by atoms with Gasteiger partial charge >= 0.3 is 0 Å². The fourth-order valence-electron chi connectivity index (χ4n) is 2.59. The highest BCUT2D eigenvalue weighted by atomic mass is 16.6. The number of para-hydroxylation sites is 1. The number of ether oxygens (including phenoxy) is 1. The molecule has 6 heteroatoms. The van der Waals surface area contributed by atoms with Crippen LogP contribution in [0.5, 0.6) is 5.75 Å². The largest absolute Gasteiger partial charge is 0.493 e. The molecule has 1 atom stereocenters. The van der Waals surface area contributed by atoms with Crippen molar-refractivity contribution < 1.29 is 14.5 Å². The van der Waals surface area contributed by atoms with E-state index in [4.69, 9.17) is 4.74 Å². The van der Waals surface area contributed by atoms with Crippen LogP contribution in [0.15, 0.2) is 54.6 Å². The van der Waals surface area contributed by atoms with Gasteiger partial charge in [0.05, 0.1) is 17.6 Å². The second kappa shape index (κ2) is 6.95. The number of rotatable bonds is 4. The SMILES string of the molecule is O=C(/C=C/c1ccc([N+](=O)[O-])cc1)NC1CCOc2ccccc21. The van der Waals surface area contributed by atoms with Crippen molar-refractivity contribution in [1.82, 2.24) is 5.32 Å². The van der Waals surface area contributed by atoms with Crippen LogP contribution in [0.2, 0.25) is 0 Å². The van der Waals surface area contributed by atoms with Gasteiger partial charge in [0.1, 0.15) is 5.75 Å². The van der Waals surface area contributed by atoms with Gasteiger partial charge in [-0.25, -0.2) is 0 Å². The summed E-state index contributed by atoms with van der Waals surface area (Å²) in [4.78, 5) is 22.3. The Kier molecular flexibility index (Phi) is 4.56. The number of hydrogen-bond donors (Lipinski definition) is 1. The zero-order valence-electron chi connectivity index (χ0n) is 12.8. The minimum absolute atomic E-state index is 0.0235. The molecule has 6 nitrogen and oxygen atoms in total. The van der Waals surface area contributed by atoms with Crippen molar-refractivity contribution in [3.63, 3.8) is 0 Å². The lowest BCUT2D eigenvalue weighted by Gasteiger charge is -2.26. The monoisotopic (exact) mass is 324 g/mol. The molecule has 0 radical (unpaired) electrons. The fourth-order valence-corrected chi connectivity index (χ4v) is 2.59. The second-order valence-electron chi connectivity index (χ2n) is 5.42. The molecular weight excluding hydrogens is 308 g/mol. The maximum Gasteiger partial charge on any atom is 0.269 e. The van der Waals surface area contributed by atoms with Crippen LogP contribution in [0.4, 0.5) is 5.69 Å². The summed E-state index contributed by atoms with van der Waals surface area (Å²) < 4.78 is 5.57. The van der Waals surface area contributed by atoms with E-state index in [0.717, 1.165) is 16.9 Å². The number of carbonyl (C=O) groups excluding carboxylic acids is 1. The van der Waals surface area contributed by atoms with Gasteiger partial charge in [-0.2, -0.15) is 0 Å². The molecule has 1 aliphatic rings. The second-order valence-corrected chi connectivity index (χ2v) is 5.42. The summed E-state index contributed by atoms with van der Waals surface area (Å²) >= 11 is 0. The molecule has 1 unspecified atom stereocenters. The van der Waals surface area contributed by atoms with Crippen LogP contribution < -0.4 is 10.1 Å². The van der Waals surface area contributed by atoms with Crippen LogP contribution >= 0.6 is 0 Å². The van der Waals surface area contributed by atoms with Gasteiger partial charge in [0.25, 0.3) is 5.69 Å². The number of nitrogens with one attached hydrogen (secondary N) is 1. The molecule has 1 aliphatic heterocycles. The van der Waals surface area contributed by atoms with Crippen molar-refractivity contribution in [3.05, 3.63) is 75.8 Å². The van der Waals surface area contributed by atoms with Gasteiger partial charge in [-0.1, -0.05) is 18.2 Å². The van der Waals surface area contributed by atoms with Gasteiger partial charge in [0.2, 0.25) is 5.91 Å². The Morgan fingerprint density at radius 1 is 1.21 bits per heavy atom. The van der Waals surface area contributed by atoms with Crippen molar-refractivity contribution in [2.24, 2.45) is 0 Å². The van der Waals surface area contributed by atoms with Crippen molar-refractivity contribution in [1.29, 1.82) is 0 Å². The molecular formula is C18H16N2O4. The summed E-state index contributed by atoms with van der Waals surface area (Å²) in [5.41, 5.74) is 1.72. The van der Waals surface area contributed by atoms with Crippen LogP contribution in [-0.2, 0) is 4.79 Å². The van der Waals surface area contributed by atoms with Crippen LogP contribution in [0, 0.1) is 10.1 Å². The predicted molar refractivity (Wildman–Crippen MR) is 89.6 cm³/mol. The number of benzene rings is 2. The number of nitro benzene ring substituents is 1. The molecule has 1 amide bonds. The average molecular weight is 324 g/mol. The third kappa shape index (κ3) is 3.60. The van der Waals surface area contributed by atoms with Crippen LogP contribution in [-0.4, -0.2) is 17.4 Å². The fraction of sp³-hybridized carbons (Fsp3) is 0.167. The maximum absolute atomic E-state index is 12.1. The number of carbonyl (C=O) groups is 1. The maximum atomic E-state index is 12.1. The Morgan fingerprint density at radius 3 is 2.71 bits per heavy atom. The van der Waals surface area contributed by atoms with Crippen LogP contribution in [0.1, 0.15) is 23.6 Å². The average Bonchev–Trinajstić information content (AvgIpc) is 2.61. The van der Waals surface area contributed by atoms with Crippen LogP contribution in [0.3, 0.4) is 0 Å². The summed E-state index contributed by atoms with van der Waals surface area (Å²) in [7, 11) is 0.